The molecule has 0 saturated carbocycles. The van der Waals surface area contributed by atoms with Crippen molar-refractivity contribution in [1.82, 2.24) is 14.3 Å². The third-order valence-corrected chi connectivity index (χ3v) is 6.72. The van der Waals surface area contributed by atoms with E-state index in [1.165, 1.54) is 6.07 Å². The molecule has 0 unspecified atom stereocenters. The van der Waals surface area contributed by atoms with Gasteiger partial charge in [0, 0.05) is 42.8 Å². The molecule has 208 valence electrons. The van der Waals surface area contributed by atoms with Gasteiger partial charge in [0.25, 0.3) is 10.2 Å². The van der Waals surface area contributed by atoms with E-state index >= 15 is 0 Å². The van der Waals surface area contributed by atoms with Crippen molar-refractivity contribution >= 4 is 16.0 Å². The first kappa shape index (κ1) is 30.0. The number of nitrogens with zero attached hydrogens (tertiary/aromatic N) is 3. The number of aryl methyl sites for hydroxylation is 1. The number of hydrogen-bond donors (Lipinski definition) is 2. The first-order chi connectivity index (χ1) is 18.2. The number of ketones is 1. The van der Waals surface area contributed by atoms with Crippen molar-refractivity contribution in [2.24, 2.45) is 18.1 Å². The Labute approximate surface area is 231 Å². The second-order valence-corrected chi connectivity index (χ2v) is 12.5. The van der Waals surface area contributed by atoms with Crippen molar-refractivity contribution in [1.29, 1.82) is 5.26 Å². The summed E-state index contributed by atoms with van der Waals surface area (Å²) < 4.78 is 33.2. The van der Waals surface area contributed by atoms with Crippen LogP contribution in [0.3, 0.4) is 0 Å². The summed E-state index contributed by atoms with van der Waals surface area (Å²) in [7, 11) is -1.95. The summed E-state index contributed by atoms with van der Waals surface area (Å²) in [5, 5.41) is 14.7. The highest BCUT2D eigenvalue weighted by atomic mass is 32.2. The van der Waals surface area contributed by atoms with Crippen LogP contribution in [0.1, 0.15) is 68.3 Å². The van der Waals surface area contributed by atoms with Crippen molar-refractivity contribution in [2.45, 2.75) is 59.0 Å². The highest BCUT2D eigenvalue weighted by molar-refractivity contribution is 7.87. The molecule has 1 atom stereocenters. The van der Waals surface area contributed by atoms with Crippen LogP contribution in [0.5, 0.6) is 5.75 Å². The van der Waals surface area contributed by atoms with Gasteiger partial charge in [0.05, 0.1) is 17.4 Å². The number of carbonyl (C=O) groups is 1. The predicted molar refractivity (Wildman–Crippen MR) is 152 cm³/mol. The Morgan fingerprint density at radius 1 is 1.18 bits per heavy atom. The largest absolute Gasteiger partial charge is 0.490 e. The summed E-state index contributed by atoms with van der Waals surface area (Å²) in [6.45, 7) is 10.1. The highest BCUT2D eigenvalue weighted by Gasteiger charge is 2.22. The fourth-order valence-corrected chi connectivity index (χ4v) is 4.89. The van der Waals surface area contributed by atoms with Gasteiger partial charge in [0.15, 0.2) is 5.78 Å². The summed E-state index contributed by atoms with van der Waals surface area (Å²) in [6, 6.07) is 14.7. The third kappa shape index (κ3) is 8.48. The van der Waals surface area contributed by atoms with Gasteiger partial charge in [-0.05, 0) is 49.9 Å². The van der Waals surface area contributed by atoms with Gasteiger partial charge in [0.2, 0.25) is 0 Å². The fraction of sp³-hybridized carbons (Fsp3) is 0.414. The van der Waals surface area contributed by atoms with Crippen LogP contribution in [-0.4, -0.2) is 36.4 Å². The lowest BCUT2D eigenvalue weighted by molar-refractivity contribution is 0.0961. The number of ether oxygens (including phenoxy) is 1. The van der Waals surface area contributed by atoms with E-state index in [1.54, 1.807) is 12.1 Å². The average molecular weight is 552 g/mol. The molecule has 1 aromatic heterocycles. The van der Waals surface area contributed by atoms with E-state index in [0.29, 0.717) is 17.7 Å². The maximum absolute atomic E-state index is 13.2. The summed E-state index contributed by atoms with van der Waals surface area (Å²) in [5.41, 5.74) is 3.33. The van der Waals surface area contributed by atoms with Crippen LogP contribution >= 0.6 is 0 Å². The number of benzene rings is 2. The van der Waals surface area contributed by atoms with Gasteiger partial charge in [-0.25, -0.2) is 14.8 Å². The lowest BCUT2D eigenvalue weighted by atomic mass is 9.91. The zero-order valence-corrected chi connectivity index (χ0v) is 24.2. The average Bonchev–Trinajstić information content (AvgIpc) is 3.24. The van der Waals surface area contributed by atoms with Crippen molar-refractivity contribution in [2.75, 3.05) is 6.54 Å². The molecule has 0 aliphatic rings. The van der Waals surface area contributed by atoms with Crippen LogP contribution in [0.25, 0.3) is 11.3 Å². The van der Waals surface area contributed by atoms with Crippen molar-refractivity contribution in [3.05, 3.63) is 71.2 Å². The number of nitrogens with two attached hydrogens (primary N) is 1. The molecule has 9 nitrogen and oxygen atoms in total. The minimum atomic E-state index is -3.93. The molecule has 0 saturated heterocycles. The predicted octanol–water partition coefficient (Wildman–Crippen LogP) is 4.27. The summed E-state index contributed by atoms with van der Waals surface area (Å²) in [5.74, 6) is 0.835. The number of aromatic nitrogens is 2. The van der Waals surface area contributed by atoms with Crippen molar-refractivity contribution < 1.29 is 17.9 Å². The van der Waals surface area contributed by atoms with Gasteiger partial charge in [-0.3, -0.25) is 4.79 Å². The van der Waals surface area contributed by atoms with Crippen molar-refractivity contribution in [3.8, 4) is 23.1 Å². The molecule has 3 N–H and O–H groups in total. The Hall–Kier alpha value is -3.52. The third-order valence-electron chi connectivity index (χ3n) is 6.15. The van der Waals surface area contributed by atoms with Gasteiger partial charge < -0.3 is 9.30 Å². The molecule has 1 heterocycles. The van der Waals surface area contributed by atoms with Crippen LogP contribution in [0.4, 0.5) is 0 Å². The topological polar surface area (TPSA) is 140 Å². The number of imidazole rings is 1. The van der Waals surface area contributed by atoms with E-state index in [-0.39, 0.29) is 41.7 Å². The number of hydrogen-bond acceptors (Lipinski definition) is 6. The quantitative estimate of drug-likeness (QED) is 0.341. The maximum atomic E-state index is 13.2. The van der Waals surface area contributed by atoms with E-state index in [0.717, 1.165) is 22.6 Å². The van der Waals surface area contributed by atoms with E-state index < -0.39 is 10.2 Å². The number of nitriles is 1. The van der Waals surface area contributed by atoms with Crippen LogP contribution in [0, 0.1) is 17.2 Å². The SMILES string of the molecule is CC(C)Oc1ccc(C(=O)C[C@H](CNS(N)(=O)=O)Cc2ccc(-c3cn(C)c(C(C)(C)C)n3)cc2)cc1C#N. The second-order valence-electron chi connectivity index (χ2n) is 11.1. The van der Waals surface area contributed by atoms with E-state index in [1.807, 2.05) is 55.9 Å². The molecule has 3 aromatic rings. The summed E-state index contributed by atoms with van der Waals surface area (Å²) in [4.78, 5) is 18.0. The fourth-order valence-electron chi connectivity index (χ4n) is 4.43. The molecule has 0 spiro atoms. The molecule has 39 heavy (non-hydrogen) atoms. The molecule has 0 aliphatic carbocycles. The van der Waals surface area contributed by atoms with Crippen LogP contribution in [0.15, 0.2) is 48.7 Å². The van der Waals surface area contributed by atoms with E-state index in [2.05, 4.69) is 31.6 Å². The minimum Gasteiger partial charge on any atom is -0.490 e. The zero-order chi connectivity index (χ0) is 29.0. The normalized spacial score (nSPS) is 12.8. The molecule has 3 rings (SSSR count). The highest BCUT2D eigenvalue weighted by Crippen LogP contribution is 2.27. The van der Waals surface area contributed by atoms with Gasteiger partial charge >= 0.3 is 0 Å². The smallest absolute Gasteiger partial charge is 0.274 e. The standard InChI is InChI=1S/C29H37N5O4S/c1-19(2)38-27-12-11-23(15-24(27)16-30)26(35)14-21(17-32-39(31,36)37)13-20-7-9-22(10-8-20)25-18-34(6)28(33-25)29(3,4)5/h7-12,15,18-19,21,32H,13-14,17H2,1-6H3,(H2,31,36,37)/t21-/m1/s1. The number of nitrogens with one attached hydrogen (secondary N) is 1. The number of rotatable bonds is 11. The molecule has 0 fully saturated rings. The Kier molecular flexibility index (Phi) is 9.33. The Balaban J connectivity index is 1.79. The molecule has 0 aliphatic heterocycles. The molecular weight excluding hydrogens is 514 g/mol. The van der Waals surface area contributed by atoms with Crippen LogP contribution in [0.2, 0.25) is 0 Å². The molecule has 2 aromatic carbocycles. The summed E-state index contributed by atoms with van der Waals surface area (Å²) >= 11 is 0. The number of carbonyl (C=O) groups excluding carboxylic acids is 1. The van der Waals surface area contributed by atoms with E-state index in [4.69, 9.17) is 14.9 Å². The van der Waals surface area contributed by atoms with E-state index in [9.17, 15) is 18.5 Å². The van der Waals surface area contributed by atoms with Crippen LogP contribution in [-0.2, 0) is 29.1 Å². The Bertz CT molecular complexity index is 1460. The van der Waals surface area contributed by atoms with Gasteiger partial charge in [0.1, 0.15) is 17.6 Å². The minimum absolute atomic E-state index is 0.00115. The Morgan fingerprint density at radius 3 is 2.38 bits per heavy atom. The lowest BCUT2D eigenvalue weighted by Gasteiger charge is -2.17. The molecule has 0 bridgehead atoms. The Morgan fingerprint density at radius 2 is 1.85 bits per heavy atom. The van der Waals surface area contributed by atoms with Crippen LogP contribution < -0.4 is 14.6 Å². The molecule has 0 radical (unpaired) electrons. The monoisotopic (exact) mass is 551 g/mol. The zero-order valence-electron chi connectivity index (χ0n) is 23.4. The molecule has 0 amide bonds. The summed E-state index contributed by atoms with van der Waals surface area (Å²) in [6.07, 6.45) is 2.40. The first-order valence-electron chi connectivity index (χ1n) is 12.8. The lowest BCUT2D eigenvalue weighted by Crippen LogP contribution is -2.36. The number of Topliss-reactive ketones (excluding diaryl/α,β-unsaturated/α-hetero) is 1. The van der Waals surface area contributed by atoms with Gasteiger partial charge in [-0.2, -0.15) is 13.7 Å². The maximum Gasteiger partial charge on any atom is 0.274 e. The van der Waals surface area contributed by atoms with Crippen molar-refractivity contribution in [3.63, 3.8) is 0 Å². The second kappa shape index (κ2) is 12.1. The molecular formula is C29H37N5O4S. The first-order valence-corrected chi connectivity index (χ1v) is 14.4. The van der Waals surface area contributed by atoms with Gasteiger partial charge in [-0.1, -0.05) is 45.0 Å². The van der Waals surface area contributed by atoms with Gasteiger partial charge in [-0.15, -0.1) is 0 Å². The molecule has 10 heteroatoms.